The largest absolute Gasteiger partial charge is 0.355 e. The fraction of sp³-hybridized carbons (Fsp3) is 0.917. The van der Waals surface area contributed by atoms with E-state index in [0.717, 1.165) is 13.1 Å². The van der Waals surface area contributed by atoms with E-state index in [2.05, 4.69) is 22.9 Å². The summed E-state index contributed by atoms with van der Waals surface area (Å²) in [6.45, 7) is 6.51. The van der Waals surface area contributed by atoms with Crippen LogP contribution in [0.5, 0.6) is 0 Å². The van der Waals surface area contributed by atoms with E-state index in [1.54, 1.807) is 6.92 Å². The van der Waals surface area contributed by atoms with Gasteiger partial charge >= 0.3 is 0 Å². The summed E-state index contributed by atoms with van der Waals surface area (Å²) in [4.78, 5) is 10.7. The molecule has 2 atom stereocenters. The fourth-order valence-corrected chi connectivity index (χ4v) is 2.19. The third kappa shape index (κ3) is 6.08. The smallest absolute Gasteiger partial charge is 0.216 e. The molecule has 1 saturated heterocycles. The van der Waals surface area contributed by atoms with Gasteiger partial charge in [-0.1, -0.05) is 6.42 Å². The summed E-state index contributed by atoms with van der Waals surface area (Å²) in [5.41, 5.74) is 0. The minimum atomic E-state index is 0.0448. The molecule has 1 amide bonds. The van der Waals surface area contributed by atoms with Crippen LogP contribution in [0.1, 0.15) is 39.5 Å². The van der Waals surface area contributed by atoms with Crippen LogP contribution < -0.4 is 16.0 Å². The lowest BCUT2D eigenvalue weighted by Gasteiger charge is -2.26. The molecule has 0 aromatic rings. The van der Waals surface area contributed by atoms with Crippen LogP contribution in [0.4, 0.5) is 0 Å². The van der Waals surface area contributed by atoms with Gasteiger partial charge in [-0.05, 0) is 32.7 Å². The van der Waals surface area contributed by atoms with Crippen LogP contribution in [0.15, 0.2) is 0 Å². The Bertz CT molecular complexity index is 202. The Labute approximate surface area is 98.6 Å². The molecular weight excluding hydrogens is 202 g/mol. The molecule has 4 heteroatoms. The van der Waals surface area contributed by atoms with Gasteiger partial charge in [-0.25, -0.2) is 0 Å². The highest BCUT2D eigenvalue weighted by atomic mass is 16.1. The highest BCUT2D eigenvalue weighted by molar-refractivity contribution is 5.72. The Hall–Kier alpha value is -0.610. The Morgan fingerprint density at radius 3 is 2.88 bits per heavy atom. The molecule has 0 aliphatic carbocycles. The Morgan fingerprint density at radius 2 is 2.25 bits per heavy atom. The minimum Gasteiger partial charge on any atom is -0.355 e. The highest BCUT2D eigenvalue weighted by Crippen LogP contribution is 2.11. The maximum atomic E-state index is 10.7. The van der Waals surface area contributed by atoms with Crippen molar-refractivity contribution in [3.8, 4) is 0 Å². The van der Waals surface area contributed by atoms with E-state index in [0.29, 0.717) is 12.1 Å². The van der Waals surface area contributed by atoms with Crippen LogP contribution in [0, 0.1) is 0 Å². The van der Waals surface area contributed by atoms with E-state index in [1.165, 1.54) is 32.2 Å². The van der Waals surface area contributed by atoms with Crippen molar-refractivity contribution < 1.29 is 4.79 Å². The molecule has 0 aromatic heterocycles. The standard InChI is InChI=1S/C12H25N3O/c1-10(13-7-8-14-11(2)16)9-12-5-3-4-6-15-12/h10,12-13,15H,3-9H2,1-2H3,(H,14,16). The maximum absolute atomic E-state index is 10.7. The molecule has 1 heterocycles. The van der Waals surface area contributed by atoms with Crippen molar-refractivity contribution in [1.82, 2.24) is 16.0 Å². The number of rotatable bonds is 6. The van der Waals surface area contributed by atoms with Crippen molar-refractivity contribution in [3.05, 3.63) is 0 Å². The quantitative estimate of drug-likeness (QED) is 0.584. The van der Waals surface area contributed by atoms with Crippen LogP contribution in [-0.2, 0) is 4.79 Å². The van der Waals surface area contributed by atoms with Gasteiger partial charge in [-0.15, -0.1) is 0 Å². The zero-order chi connectivity index (χ0) is 11.8. The molecule has 4 nitrogen and oxygen atoms in total. The predicted octanol–water partition coefficient (Wildman–Crippen LogP) is 0.633. The molecular formula is C12H25N3O. The number of amides is 1. The molecule has 1 rings (SSSR count). The van der Waals surface area contributed by atoms with Crippen molar-refractivity contribution in [2.24, 2.45) is 0 Å². The highest BCUT2D eigenvalue weighted by Gasteiger charge is 2.14. The second kappa shape index (κ2) is 7.63. The first kappa shape index (κ1) is 13.5. The van der Waals surface area contributed by atoms with Crippen LogP contribution in [0.3, 0.4) is 0 Å². The molecule has 1 aliphatic heterocycles. The molecule has 1 fully saturated rings. The van der Waals surface area contributed by atoms with Crippen LogP contribution in [0.2, 0.25) is 0 Å². The van der Waals surface area contributed by atoms with Crippen molar-refractivity contribution in [2.75, 3.05) is 19.6 Å². The van der Waals surface area contributed by atoms with E-state index in [4.69, 9.17) is 0 Å². The molecule has 2 unspecified atom stereocenters. The molecule has 0 saturated carbocycles. The zero-order valence-electron chi connectivity index (χ0n) is 10.5. The number of nitrogens with one attached hydrogen (secondary N) is 3. The molecule has 0 aromatic carbocycles. The second-order valence-electron chi connectivity index (χ2n) is 4.72. The van der Waals surface area contributed by atoms with E-state index in [9.17, 15) is 4.79 Å². The van der Waals surface area contributed by atoms with E-state index < -0.39 is 0 Å². The molecule has 0 bridgehead atoms. The van der Waals surface area contributed by atoms with Gasteiger partial charge < -0.3 is 16.0 Å². The van der Waals surface area contributed by atoms with Crippen molar-refractivity contribution in [2.45, 2.75) is 51.6 Å². The van der Waals surface area contributed by atoms with Crippen molar-refractivity contribution in [3.63, 3.8) is 0 Å². The minimum absolute atomic E-state index is 0.0448. The lowest BCUT2D eigenvalue weighted by molar-refractivity contribution is -0.118. The summed E-state index contributed by atoms with van der Waals surface area (Å²) >= 11 is 0. The molecule has 1 aliphatic rings. The SMILES string of the molecule is CC(=O)NCCNC(C)CC1CCCCN1. The summed E-state index contributed by atoms with van der Waals surface area (Å²) in [5, 5.41) is 9.77. The topological polar surface area (TPSA) is 53.2 Å². The monoisotopic (exact) mass is 227 g/mol. The average Bonchev–Trinajstić information content (AvgIpc) is 2.25. The Balaban J connectivity index is 2.01. The third-order valence-corrected chi connectivity index (χ3v) is 3.04. The summed E-state index contributed by atoms with van der Waals surface area (Å²) in [5.74, 6) is 0.0448. The maximum Gasteiger partial charge on any atom is 0.216 e. The first-order valence-electron chi connectivity index (χ1n) is 6.39. The number of piperidine rings is 1. The summed E-state index contributed by atoms with van der Waals surface area (Å²) in [7, 11) is 0. The van der Waals surface area contributed by atoms with Crippen LogP contribution in [0.25, 0.3) is 0 Å². The van der Waals surface area contributed by atoms with Gasteiger partial charge in [0.1, 0.15) is 0 Å². The van der Waals surface area contributed by atoms with Gasteiger partial charge in [0.15, 0.2) is 0 Å². The molecule has 3 N–H and O–H groups in total. The van der Waals surface area contributed by atoms with E-state index >= 15 is 0 Å². The summed E-state index contributed by atoms with van der Waals surface area (Å²) in [6.07, 6.45) is 5.16. The number of hydrogen-bond acceptors (Lipinski definition) is 3. The van der Waals surface area contributed by atoms with Gasteiger partial charge in [0.05, 0.1) is 0 Å². The lowest BCUT2D eigenvalue weighted by Crippen LogP contribution is -2.41. The number of carbonyl (C=O) groups is 1. The van der Waals surface area contributed by atoms with Gasteiger partial charge in [0, 0.05) is 32.1 Å². The second-order valence-corrected chi connectivity index (χ2v) is 4.72. The normalized spacial score (nSPS) is 22.8. The first-order chi connectivity index (χ1) is 7.68. The first-order valence-corrected chi connectivity index (χ1v) is 6.39. The van der Waals surface area contributed by atoms with Crippen LogP contribution >= 0.6 is 0 Å². The van der Waals surface area contributed by atoms with E-state index in [1.807, 2.05) is 0 Å². The van der Waals surface area contributed by atoms with Gasteiger partial charge in [-0.2, -0.15) is 0 Å². The number of hydrogen-bond donors (Lipinski definition) is 3. The van der Waals surface area contributed by atoms with E-state index in [-0.39, 0.29) is 5.91 Å². The average molecular weight is 227 g/mol. The van der Waals surface area contributed by atoms with Gasteiger partial charge in [-0.3, -0.25) is 4.79 Å². The molecule has 16 heavy (non-hydrogen) atoms. The Morgan fingerprint density at radius 1 is 1.44 bits per heavy atom. The molecule has 0 spiro atoms. The molecule has 94 valence electrons. The molecule has 0 radical (unpaired) electrons. The lowest BCUT2D eigenvalue weighted by atomic mass is 9.99. The predicted molar refractivity (Wildman–Crippen MR) is 66.4 cm³/mol. The van der Waals surface area contributed by atoms with Crippen LogP contribution in [-0.4, -0.2) is 37.6 Å². The fourth-order valence-electron chi connectivity index (χ4n) is 2.19. The van der Waals surface area contributed by atoms with Gasteiger partial charge in [0.25, 0.3) is 0 Å². The summed E-state index contributed by atoms with van der Waals surface area (Å²) < 4.78 is 0. The Kier molecular flexibility index (Phi) is 6.42. The zero-order valence-corrected chi connectivity index (χ0v) is 10.5. The third-order valence-electron chi connectivity index (χ3n) is 3.04. The van der Waals surface area contributed by atoms with Crippen molar-refractivity contribution in [1.29, 1.82) is 0 Å². The number of carbonyl (C=O) groups excluding carboxylic acids is 1. The van der Waals surface area contributed by atoms with Crippen molar-refractivity contribution >= 4 is 5.91 Å². The van der Waals surface area contributed by atoms with Gasteiger partial charge in [0.2, 0.25) is 5.91 Å². The summed E-state index contributed by atoms with van der Waals surface area (Å²) in [6, 6.07) is 1.20.